The minimum Gasteiger partial charge on any atom is -0.338 e. The predicted octanol–water partition coefficient (Wildman–Crippen LogP) is 2.28. The highest BCUT2D eigenvalue weighted by Gasteiger charge is 2.48. The third-order valence-corrected chi connectivity index (χ3v) is 4.59. The van der Waals surface area contributed by atoms with Crippen LogP contribution in [0.1, 0.15) is 30.7 Å². The Hall–Kier alpha value is -1.49. The first-order valence-electron chi connectivity index (χ1n) is 7.52. The Labute approximate surface area is 123 Å². The highest BCUT2D eigenvalue weighted by molar-refractivity contribution is 5.83. The summed E-state index contributed by atoms with van der Waals surface area (Å²) in [4.78, 5) is 14.5. The van der Waals surface area contributed by atoms with E-state index < -0.39 is 11.6 Å². The summed E-state index contributed by atoms with van der Waals surface area (Å²) in [6.07, 6.45) is 2.66. The summed E-state index contributed by atoms with van der Waals surface area (Å²) in [6.45, 7) is 1.57. The van der Waals surface area contributed by atoms with Gasteiger partial charge in [0.2, 0.25) is 5.91 Å². The van der Waals surface area contributed by atoms with Crippen LogP contribution in [0.5, 0.6) is 0 Å². The lowest BCUT2D eigenvalue weighted by Gasteiger charge is -2.24. The van der Waals surface area contributed by atoms with E-state index in [1.165, 1.54) is 6.07 Å². The molecule has 1 saturated carbocycles. The third-order valence-electron chi connectivity index (χ3n) is 4.59. The fourth-order valence-electron chi connectivity index (χ4n) is 3.41. The molecule has 1 aromatic carbocycles. The van der Waals surface area contributed by atoms with Crippen molar-refractivity contribution in [2.45, 2.75) is 31.2 Å². The fraction of sp³-hybridized carbons (Fsp3) is 0.562. The normalized spacial score (nSPS) is 28.0. The number of nitrogens with one attached hydrogen (secondary N) is 1. The second-order valence-corrected chi connectivity index (χ2v) is 5.98. The van der Waals surface area contributed by atoms with Crippen molar-refractivity contribution >= 4 is 5.91 Å². The van der Waals surface area contributed by atoms with Crippen LogP contribution in [-0.2, 0) is 4.79 Å². The van der Waals surface area contributed by atoms with E-state index in [0.29, 0.717) is 12.0 Å². The smallest absolute Gasteiger partial charge is 0.226 e. The molecule has 1 amide bonds. The number of nitrogens with zero attached hydrogens (tertiary/aromatic N) is 1. The van der Waals surface area contributed by atoms with Gasteiger partial charge < -0.3 is 10.2 Å². The average Bonchev–Trinajstić information content (AvgIpc) is 3.13. The Bertz CT molecular complexity index is 549. The van der Waals surface area contributed by atoms with Gasteiger partial charge in [0, 0.05) is 25.0 Å². The molecule has 0 unspecified atom stereocenters. The van der Waals surface area contributed by atoms with Crippen molar-refractivity contribution in [3.8, 4) is 0 Å². The van der Waals surface area contributed by atoms with E-state index in [4.69, 9.17) is 0 Å². The van der Waals surface area contributed by atoms with Gasteiger partial charge in [-0.05, 0) is 43.9 Å². The number of carbonyl (C=O) groups is 1. The van der Waals surface area contributed by atoms with Crippen LogP contribution in [0, 0.1) is 17.6 Å². The fourth-order valence-corrected chi connectivity index (χ4v) is 3.41. The zero-order valence-corrected chi connectivity index (χ0v) is 12.1. The molecule has 1 N–H and O–H groups in total. The van der Waals surface area contributed by atoms with Gasteiger partial charge in [-0.3, -0.25) is 4.79 Å². The second kappa shape index (κ2) is 5.72. The van der Waals surface area contributed by atoms with Crippen LogP contribution in [0.2, 0.25) is 0 Å². The monoisotopic (exact) mass is 294 g/mol. The first-order chi connectivity index (χ1) is 10.1. The summed E-state index contributed by atoms with van der Waals surface area (Å²) >= 11 is 0. The van der Waals surface area contributed by atoms with Gasteiger partial charge in [0.15, 0.2) is 11.6 Å². The van der Waals surface area contributed by atoms with Gasteiger partial charge in [-0.1, -0.05) is 12.1 Å². The minimum atomic E-state index is -0.833. The number of hydrogen-bond donors (Lipinski definition) is 1. The molecule has 3 atom stereocenters. The lowest BCUT2D eigenvalue weighted by molar-refractivity contribution is -0.133. The quantitative estimate of drug-likeness (QED) is 0.924. The van der Waals surface area contributed by atoms with E-state index in [1.807, 2.05) is 11.9 Å². The van der Waals surface area contributed by atoms with Gasteiger partial charge in [-0.2, -0.15) is 0 Å². The van der Waals surface area contributed by atoms with Gasteiger partial charge in [0.1, 0.15) is 0 Å². The SMILES string of the molecule is CNC[C@@H]1CCCN1C(=O)[C@H]1C[C@H]1c1cccc(F)c1F. The first-order valence-corrected chi connectivity index (χ1v) is 7.52. The molecule has 1 aliphatic carbocycles. The maximum absolute atomic E-state index is 13.8. The van der Waals surface area contributed by atoms with E-state index in [0.717, 1.165) is 32.0 Å². The lowest BCUT2D eigenvalue weighted by Crippen LogP contribution is -2.41. The number of likely N-dealkylation sites (tertiary alicyclic amines) is 1. The molecule has 1 saturated heterocycles. The van der Waals surface area contributed by atoms with Crippen LogP contribution >= 0.6 is 0 Å². The van der Waals surface area contributed by atoms with Crippen molar-refractivity contribution in [3.05, 3.63) is 35.4 Å². The predicted molar refractivity (Wildman–Crippen MR) is 75.9 cm³/mol. The Morgan fingerprint density at radius 1 is 1.43 bits per heavy atom. The molecule has 3 nitrogen and oxygen atoms in total. The summed E-state index contributed by atoms with van der Waals surface area (Å²) in [6, 6.07) is 4.45. The maximum Gasteiger partial charge on any atom is 0.226 e. The van der Waals surface area contributed by atoms with Crippen molar-refractivity contribution in [2.24, 2.45) is 5.92 Å². The van der Waals surface area contributed by atoms with E-state index in [2.05, 4.69) is 5.32 Å². The summed E-state index contributed by atoms with van der Waals surface area (Å²) in [7, 11) is 1.88. The number of likely N-dealkylation sites (N-methyl/N-ethyl adjacent to an activating group) is 1. The molecule has 2 fully saturated rings. The topological polar surface area (TPSA) is 32.3 Å². The Morgan fingerprint density at radius 3 is 3.00 bits per heavy atom. The molecule has 1 aliphatic heterocycles. The summed E-state index contributed by atoms with van der Waals surface area (Å²) in [5.41, 5.74) is 0.345. The molecule has 0 aromatic heterocycles. The molecule has 1 aromatic rings. The first kappa shape index (κ1) is 14.4. The molecule has 1 heterocycles. The number of halogens is 2. The highest BCUT2D eigenvalue weighted by atomic mass is 19.2. The van der Waals surface area contributed by atoms with Gasteiger partial charge in [-0.15, -0.1) is 0 Å². The standard InChI is InChI=1S/C16H20F2N2O/c1-19-9-10-4-3-7-20(10)16(21)13-8-12(13)11-5-2-6-14(17)15(11)18/h2,5-6,10,12-13,19H,3-4,7-9H2,1H3/t10-,12-,13-/m0/s1. The van der Waals surface area contributed by atoms with Gasteiger partial charge in [0.25, 0.3) is 0 Å². The number of rotatable bonds is 4. The van der Waals surface area contributed by atoms with Gasteiger partial charge >= 0.3 is 0 Å². The summed E-state index contributed by atoms with van der Waals surface area (Å²) in [5, 5.41) is 3.11. The largest absolute Gasteiger partial charge is 0.338 e. The van der Waals surface area contributed by atoms with E-state index >= 15 is 0 Å². The maximum atomic E-state index is 13.8. The molecular formula is C16H20F2N2O. The van der Waals surface area contributed by atoms with E-state index in [9.17, 15) is 13.6 Å². The van der Waals surface area contributed by atoms with Gasteiger partial charge in [-0.25, -0.2) is 8.78 Å². The molecular weight excluding hydrogens is 274 g/mol. The molecule has 3 rings (SSSR count). The Morgan fingerprint density at radius 2 is 2.24 bits per heavy atom. The van der Waals surface area contributed by atoms with Crippen molar-refractivity contribution in [1.82, 2.24) is 10.2 Å². The van der Waals surface area contributed by atoms with Crippen LogP contribution in [0.25, 0.3) is 0 Å². The van der Waals surface area contributed by atoms with Crippen LogP contribution < -0.4 is 5.32 Å². The van der Waals surface area contributed by atoms with Crippen LogP contribution in [0.3, 0.4) is 0 Å². The molecule has 114 valence electrons. The van der Waals surface area contributed by atoms with Crippen molar-refractivity contribution < 1.29 is 13.6 Å². The average molecular weight is 294 g/mol. The molecule has 0 spiro atoms. The minimum absolute atomic E-state index is 0.0985. The number of amides is 1. The molecule has 0 radical (unpaired) electrons. The Kier molecular flexibility index (Phi) is 3.93. The molecule has 0 bridgehead atoms. The number of hydrogen-bond acceptors (Lipinski definition) is 2. The number of carbonyl (C=O) groups excluding carboxylic acids is 1. The van der Waals surface area contributed by atoms with Crippen LogP contribution in [0.4, 0.5) is 8.78 Å². The number of benzene rings is 1. The van der Waals surface area contributed by atoms with E-state index in [1.54, 1.807) is 6.07 Å². The summed E-state index contributed by atoms with van der Waals surface area (Å²) < 4.78 is 27.1. The van der Waals surface area contributed by atoms with Crippen molar-refractivity contribution in [2.75, 3.05) is 20.1 Å². The van der Waals surface area contributed by atoms with Crippen molar-refractivity contribution in [3.63, 3.8) is 0 Å². The van der Waals surface area contributed by atoms with Gasteiger partial charge in [0.05, 0.1) is 0 Å². The van der Waals surface area contributed by atoms with Crippen LogP contribution in [-0.4, -0.2) is 37.0 Å². The third kappa shape index (κ3) is 2.67. The van der Waals surface area contributed by atoms with E-state index in [-0.39, 0.29) is 23.8 Å². The highest BCUT2D eigenvalue weighted by Crippen LogP contribution is 2.50. The zero-order chi connectivity index (χ0) is 15.0. The summed E-state index contributed by atoms with van der Waals surface area (Å²) in [5.74, 6) is -1.88. The Balaban J connectivity index is 1.70. The van der Waals surface area contributed by atoms with Crippen molar-refractivity contribution in [1.29, 1.82) is 0 Å². The molecule has 2 aliphatic rings. The second-order valence-electron chi connectivity index (χ2n) is 5.98. The van der Waals surface area contributed by atoms with Crippen LogP contribution in [0.15, 0.2) is 18.2 Å². The molecule has 21 heavy (non-hydrogen) atoms. The zero-order valence-electron chi connectivity index (χ0n) is 12.1. The molecule has 5 heteroatoms. The lowest BCUT2D eigenvalue weighted by atomic mass is 10.1.